The van der Waals surface area contributed by atoms with Gasteiger partial charge in [0.1, 0.15) is 5.75 Å². The van der Waals surface area contributed by atoms with Gasteiger partial charge in [-0.25, -0.2) is 4.79 Å². The molecule has 2 rings (SSSR count). The first-order valence-electron chi connectivity index (χ1n) is 8.71. The van der Waals surface area contributed by atoms with Crippen molar-refractivity contribution in [2.45, 2.75) is 38.3 Å². The monoisotopic (exact) mass is 335 g/mol. The van der Waals surface area contributed by atoms with Gasteiger partial charge >= 0.3 is 6.03 Å². The van der Waals surface area contributed by atoms with Crippen LogP contribution in [0.4, 0.5) is 4.79 Å². The van der Waals surface area contributed by atoms with Crippen LogP contribution >= 0.6 is 0 Å². The first-order chi connectivity index (χ1) is 11.6. The number of urea groups is 1. The summed E-state index contributed by atoms with van der Waals surface area (Å²) in [6.45, 7) is 5.12. The predicted molar refractivity (Wildman–Crippen MR) is 94.2 cm³/mol. The molecule has 3 N–H and O–H groups in total. The molecule has 0 bridgehead atoms. The van der Waals surface area contributed by atoms with Gasteiger partial charge in [0.15, 0.2) is 0 Å². The zero-order valence-electron chi connectivity index (χ0n) is 14.6. The molecule has 6 heteroatoms. The summed E-state index contributed by atoms with van der Waals surface area (Å²) in [6.07, 6.45) is 2.86. The third kappa shape index (κ3) is 5.39. The van der Waals surface area contributed by atoms with Crippen LogP contribution in [-0.4, -0.2) is 55.4 Å². The summed E-state index contributed by atoms with van der Waals surface area (Å²) >= 11 is 0. The third-order valence-corrected chi connectivity index (χ3v) is 4.61. The smallest absolute Gasteiger partial charge is 0.314 e. The van der Waals surface area contributed by atoms with E-state index in [2.05, 4.69) is 22.5 Å². The number of ether oxygens (including phenoxy) is 1. The van der Waals surface area contributed by atoms with Crippen LogP contribution in [0.1, 0.15) is 37.9 Å². The zero-order valence-corrected chi connectivity index (χ0v) is 14.6. The Labute approximate surface area is 144 Å². The molecule has 1 aromatic rings. The largest absolute Gasteiger partial charge is 0.497 e. The van der Waals surface area contributed by atoms with Crippen molar-refractivity contribution in [3.63, 3.8) is 0 Å². The van der Waals surface area contributed by atoms with Gasteiger partial charge in [0.25, 0.3) is 0 Å². The molecule has 2 amide bonds. The number of amides is 2. The lowest BCUT2D eigenvalue weighted by Gasteiger charge is -2.34. The first kappa shape index (κ1) is 18.5. The fraction of sp³-hybridized carbons (Fsp3) is 0.611. The van der Waals surface area contributed by atoms with E-state index in [-0.39, 0.29) is 12.6 Å². The van der Waals surface area contributed by atoms with Crippen molar-refractivity contribution >= 4 is 6.03 Å². The van der Waals surface area contributed by atoms with E-state index >= 15 is 0 Å². The molecule has 1 heterocycles. The molecule has 24 heavy (non-hydrogen) atoms. The number of aliphatic hydroxyl groups excluding tert-OH is 1. The Morgan fingerprint density at radius 2 is 2.08 bits per heavy atom. The van der Waals surface area contributed by atoms with Crippen LogP contribution in [-0.2, 0) is 0 Å². The van der Waals surface area contributed by atoms with Crippen LogP contribution in [0.15, 0.2) is 24.3 Å². The number of rotatable bonds is 7. The number of likely N-dealkylation sites (N-methyl/N-ethyl adjacent to an activating group) is 1. The number of carbonyl (C=O) groups is 1. The number of hydrogen-bond donors (Lipinski definition) is 3. The average Bonchev–Trinajstić information content (AvgIpc) is 2.64. The number of carbonyl (C=O) groups excluding carboxylic acids is 1. The molecule has 0 aromatic heterocycles. The summed E-state index contributed by atoms with van der Waals surface area (Å²) in [5.41, 5.74) is 0.750. The molecule has 2 unspecified atom stereocenters. The van der Waals surface area contributed by atoms with E-state index in [1.165, 1.54) is 12.8 Å². The Bertz CT molecular complexity index is 507. The number of aliphatic hydroxyl groups is 1. The Hall–Kier alpha value is -1.79. The summed E-state index contributed by atoms with van der Waals surface area (Å²) in [7, 11) is 1.60. The Morgan fingerprint density at radius 1 is 1.33 bits per heavy atom. The molecule has 0 aliphatic carbocycles. The van der Waals surface area contributed by atoms with E-state index in [1.807, 2.05) is 0 Å². The Kier molecular flexibility index (Phi) is 7.34. The standard InChI is InChI=1S/C18H29N3O3/c1-3-21-11-5-4-6-15(21)12-19-18(23)20-13-17(22)14-7-9-16(24-2)10-8-14/h7-10,15,17,22H,3-6,11-13H2,1-2H3,(H2,19,20,23). The summed E-state index contributed by atoms with van der Waals surface area (Å²) in [5, 5.41) is 15.8. The van der Waals surface area contributed by atoms with Crippen LogP contribution in [0.5, 0.6) is 5.75 Å². The average molecular weight is 335 g/mol. The number of hydrogen-bond acceptors (Lipinski definition) is 4. The van der Waals surface area contributed by atoms with E-state index in [9.17, 15) is 9.90 Å². The van der Waals surface area contributed by atoms with Gasteiger partial charge in [0.05, 0.1) is 13.2 Å². The van der Waals surface area contributed by atoms with Crippen molar-refractivity contribution in [1.29, 1.82) is 0 Å². The highest BCUT2D eigenvalue weighted by atomic mass is 16.5. The minimum atomic E-state index is -0.733. The van der Waals surface area contributed by atoms with Crippen LogP contribution in [0.3, 0.4) is 0 Å². The van der Waals surface area contributed by atoms with Gasteiger partial charge in [-0.3, -0.25) is 4.90 Å². The van der Waals surface area contributed by atoms with E-state index < -0.39 is 6.10 Å². The van der Waals surface area contributed by atoms with Gasteiger partial charge in [-0.15, -0.1) is 0 Å². The molecule has 134 valence electrons. The molecule has 2 atom stereocenters. The fourth-order valence-electron chi connectivity index (χ4n) is 3.11. The summed E-state index contributed by atoms with van der Waals surface area (Å²) < 4.78 is 5.09. The second kappa shape index (κ2) is 9.49. The number of likely N-dealkylation sites (tertiary alicyclic amines) is 1. The Morgan fingerprint density at radius 3 is 2.75 bits per heavy atom. The van der Waals surface area contributed by atoms with E-state index in [0.717, 1.165) is 30.8 Å². The van der Waals surface area contributed by atoms with Crippen LogP contribution in [0.25, 0.3) is 0 Å². The normalized spacial score (nSPS) is 19.5. The second-order valence-corrected chi connectivity index (χ2v) is 6.16. The molecule has 6 nitrogen and oxygen atoms in total. The van der Waals surface area contributed by atoms with Crippen molar-refractivity contribution in [2.75, 3.05) is 33.3 Å². The highest BCUT2D eigenvalue weighted by molar-refractivity contribution is 5.73. The fourth-order valence-corrected chi connectivity index (χ4v) is 3.11. The number of methoxy groups -OCH3 is 1. The van der Waals surface area contributed by atoms with Gasteiger partial charge in [-0.05, 0) is 43.6 Å². The van der Waals surface area contributed by atoms with Crippen LogP contribution in [0, 0.1) is 0 Å². The summed E-state index contributed by atoms with van der Waals surface area (Å²) in [6, 6.07) is 7.36. The summed E-state index contributed by atoms with van der Waals surface area (Å²) in [4.78, 5) is 14.4. The quantitative estimate of drug-likeness (QED) is 0.711. The lowest BCUT2D eigenvalue weighted by Crippen LogP contribution is -2.48. The van der Waals surface area contributed by atoms with Gasteiger partial charge in [-0.1, -0.05) is 25.5 Å². The SMILES string of the molecule is CCN1CCCCC1CNC(=O)NCC(O)c1ccc(OC)cc1. The van der Waals surface area contributed by atoms with Gasteiger partial charge in [0, 0.05) is 19.1 Å². The first-order valence-corrected chi connectivity index (χ1v) is 8.71. The topological polar surface area (TPSA) is 73.8 Å². The second-order valence-electron chi connectivity index (χ2n) is 6.16. The third-order valence-electron chi connectivity index (χ3n) is 4.61. The predicted octanol–water partition coefficient (Wildman–Crippen LogP) is 1.90. The maximum Gasteiger partial charge on any atom is 0.314 e. The number of nitrogens with zero attached hydrogens (tertiary/aromatic N) is 1. The number of benzene rings is 1. The minimum Gasteiger partial charge on any atom is -0.497 e. The molecule has 1 aliphatic heterocycles. The van der Waals surface area contributed by atoms with Crippen LogP contribution < -0.4 is 15.4 Å². The van der Waals surface area contributed by atoms with Gasteiger partial charge < -0.3 is 20.5 Å². The molecular weight excluding hydrogens is 306 g/mol. The maximum atomic E-state index is 11.9. The van der Waals surface area contributed by atoms with E-state index in [1.54, 1.807) is 31.4 Å². The highest BCUT2D eigenvalue weighted by Gasteiger charge is 2.21. The molecule has 0 saturated carbocycles. The van der Waals surface area contributed by atoms with Crippen molar-refractivity contribution < 1.29 is 14.6 Å². The lowest BCUT2D eigenvalue weighted by molar-refractivity contribution is 0.151. The van der Waals surface area contributed by atoms with Crippen LogP contribution in [0.2, 0.25) is 0 Å². The molecule has 1 aliphatic rings. The van der Waals surface area contributed by atoms with Gasteiger partial charge in [-0.2, -0.15) is 0 Å². The van der Waals surface area contributed by atoms with Crippen molar-refractivity contribution in [3.05, 3.63) is 29.8 Å². The molecule has 1 fully saturated rings. The molecule has 1 aromatic carbocycles. The Balaban J connectivity index is 1.71. The molecular formula is C18H29N3O3. The van der Waals surface area contributed by atoms with Crippen molar-refractivity contribution in [2.24, 2.45) is 0 Å². The van der Waals surface area contributed by atoms with Crippen molar-refractivity contribution in [1.82, 2.24) is 15.5 Å². The number of nitrogens with one attached hydrogen (secondary N) is 2. The summed E-state index contributed by atoms with van der Waals surface area (Å²) in [5.74, 6) is 0.740. The zero-order chi connectivity index (χ0) is 17.4. The van der Waals surface area contributed by atoms with Crippen molar-refractivity contribution in [3.8, 4) is 5.75 Å². The maximum absolute atomic E-state index is 11.9. The number of piperidine rings is 1. The highest BCUT2D eigenvalue weighted by Crippen LogP contribution is 2.17. The van der Waals surface area contributed by atoms with Gasteiger partial charge in [0.2, 0.25) is 0 Å². The molecule has 1 saturated heterocycles. The van der Waals surface area contributed by atoms with E-state index in [4.69, 9.17) is 4.74 Å². The lowest BCUT2D eigenvalue weighted by atomic mass is 10.0. The minimum absolute atomic E-state index is 0.181. The molecule has 0 radical (unpaired) electrons. The van der Waals surface area contributed by atoms with E-state index in [0.29, 0.717) is 12.6 Å². The molecule has 0 spiro atoms.